The van der Waals surface area contributed by atoms with E-state index in [0.717, 1.165) is 43.1 Å². The van der Waals surface area contributed by atoms with Gasteiger partial charge in [0.2, 0.25) is 0 Å². The molecule has 3 fully saturated rings. The van der Waals surface area contributed by atoms with Crippen molar-refractivity contribution in [2.75, 3.05) is 34.2 Å². The van der Waals surface area contributed by atoms with Crippen molar-refractivity contribution in [3.05, 3.63) is 11.6 Å². The zero-order valence-electron chi connectivity index (χ0n) is 31.3. The minimum Gasteiger partial charge on any atom is -0.462 e. The Kier molecular flexibility index (Phi) is 17.0. The molecule has 4 aliphatic carbocycles. The SMILES string of the molecule is CCCCCCCCCCCCCCCC(=O)O[C@H]1CC[C@@]2(C)C(=CC[C@H]3[C@@H]4CC[C@H](N(C)CCCN(C)C)[C@@]4(C)CC[C@@H]32)C1.Cl. The van der Waals surface area contributed by atoms with Crippen molar-refractivity contribution in [1.29, 1.82) is 0 Å². The monoisotopic (exact) mass is 663 g/mol. The number of halogens is 1. The lowest BCUT2D eigenvalue weighted by Gasteiger charge is -2.58. The van der Waals surface area contributed by atoms with Gasteiger partial charge in [-0.2, -0.15) is 0 Å². The number of allylic oxidation sites excluding steroid dienone is 1. The molecule has 0 radical (unpaired) electrons. The minimum atomic E-state index is 0. The lowest BCUT2D eigenvalue weighted by Crippen LogP contribution is -2.53. The Labute approximate surface area is 292 Å². The van der Waals surface area contributed by atoms with Crippen LogP contribution in [0.1, 0.15) is 168 Å². The first-order valence-electron chi connectivity index (χ1n) is 19.9. The highest BCUT2D eigenvalue weighted by Crippen LogP contribution is 2.65. The summed E-state index contributed by atoms with van der Waals surface area (Å²) in [6.07, 6.45) is 32.1. The predicted molar refractivity (Wildman–Crippen MR) is 199 cm³/mol. The summed E-state index contributed by atoms with van der Waals surface area (Å²) in [5.41, 5.74) is 2.42. The van der Waals surface area contributed by atoms with E-state index in [4.69, 9.17) is 4.74 Å². The average molecular weight is 664 g/mol. The number of unbranched alkanes of at least 4 members (excludes halogenated alkanes) is 12. The maximum absolute atomic E-state index is 12.8. The highest BCUT2D eigenvalue weighted by molar-refractivity contribution is 5.85. The summed E-state index contributed by atoms with van der Waals surface area (Å²) in [7, 11) is 6.79. The van der Waals surface area contributed by atoms with Gasteiger partial charge in [0.05, 0.1) is 0 Å². The van der Waals surface area contributed by atoms with Crippen LogP contribution in [0.3, 0.4) is 0 Å². The highest BCUT2D eigenvalue weighted by Gasteiger charge is 2.59. The van der Waals surface area contributed by atoms with E-state index in [0.29, 0.717) is 17.3 Å². The molecule has 0 aromatic carbocycles. The molecule has 4 rings (SSSR count). The summed E-state index contributed by atoms with van der Waals surface area (Å²) in [6, 6.07) is 0.744. The summed E-state index contributed by atoms with van der Waals surface area (Å²) in [6.45, 7) is 9.94. The van der Waals surface area contributed by atoms with Crippen molar-refractivity contribution in [1.82, 2.24) is 9.80 Å². The van der Waals surface area contributed by atoms with Crippen molar-refractivity contribution >= 4 is 18.4 Å². The normalized spacial score (nSPS) is 32.0. The van der Waals surface area contributed by atoms with Crippen LogP contribution in [-0.4, -0.2) is 62.1 Å². The van der Waals surface area contributed by atoms with Gasteiger partial charge in [-0.3, -0.25) is 4.79 Å². The zero-order chi connectivity index (χ0) is 32.3. The molecule has 0 spiro atoms. The molecule has 0 unspecified atom stereocenters. The van der Waals surface area contributed by atoms with E-state index < -0.39 is 0 Å². The van der Waals surface area contributed by atoms with Gasteiger partial charge < -0.3 is 14.5 Å². The standard InChI is InChI=1S/C41H74N2O2.ClH/c1-7-8-9-10-11-12-13-14-15-16-17-18-19-21-39(44)45-34-26-28-40(2)33(32-34)22-23-35-36-24-25-38(41(36,3)29-27-37(35)40)43(6)31-20-30-42(4)5;/h22,34-38H,7-21,23-32H2,1-6H3;1H/t34-,35-,36-,37-,38-,40-,41-;/m0./s1. The van der Waals surface area contributed by atoms with Crippen molar-refractivity contribution < 1.29 is 9.53 Å². The molecule has 0 aromatic rings. The van der Waals surface area contributed by atoms with Gasteiger partial charge in [-0.15, -0.1) is 12.4 Å². The Morgan fingerprint density at radius 2 is 1.41 bits per heavy atom. The molecule has 4 aliphatic rings. The van der Waals surface area contributed by atoms with Gasteiger partial charge in [-0.25, -0.2) is 0 Å². The van der Waals surface area contributed by atoms with Gasteiger partial charge in [0.1, 0.15) is 6.10 Å². The van der Waals surface area contributed by atoms with Gasteiger partial charge in [0, 0.05) is 18.9 Å². The number of esters is 1. The van der Waals surface area contributed by atoms with Gasteiger partial charge in [0.25, 0.3) is 0 Å². The molecular weight excluding hydrogens is 588 g/mol. The topological polar surface area (TPSA) is 32.8 Å². The molecule has 7 atom stereocenters. The van der Waals surface area contributed by atoms with Crippen LogP contribution in [-0.2, 0) is 9.53 Å². The average Bonchev–Trinajstić information content (AvgIpc) is 3.37. The van der Waals surface area contributed by atoms with E-state index in [1.807, 2.05) is 0 Å². The van der Waals surface area contributed by atoms with E-state index in [1.54, 1.807) is 5.57 Å². The predicted octanol–water partition coefficient (Wildman–Crippen LogP) is 11.0. The van der Waals surface area contributed by atoms with E-state index >= 15 is 0 Å². The van der Waals surface area contributed by atoms with E-state index in [9.17, 15) is 4.79 Å². The lowest BCUT2D eigenvalue weighted by molar-refractivity contribution is -0.151. The third-order valence-electron chi connectivity index (χ3n) is 13.4. The minimum absolute atomic E-state index is 0. The summed E-state index contributed by atoms with van der Waals surface area (Å²) >= 11 is 0. The fraction of sp³-hybridized carbons (Fsp3) is 0.927. The molecule has 46 heavy (non-hydrogen) atoms. The van der Waals surface area contributed by atoms with Crippen LogP contribution in [0.15, 0.2) is 11.6 Å². The van der Waals surface area contributed by atoms with Crippen molar-refractivity contribution in [3.8, 4) is 0 Å². The first-order valence-corrected chi connectivity index (χ1v) is 19.9. The van der Waals surface area contributed by atoms with Gasteiger partial charge in [-0.1, -0.05) is 109 Å². The smallest absolute Gasteiger partial charge is 0.306 e. The number of hydrogen-bond donors (Lipinski definition) is 0. The number of rotatable bonds is 20. The molecule has 0 N–H and O–H groups in total. The summed E-state index contributed by atoms with van der Waals surface area (Å²) in [5, 5.41) is 0. The third-order valence-corrected chi connectivity index (χ3v) is 13.4. The molecule has 0 aromatic heterocycles. The van der Waals surface area contributed by atoms with Crippen LogP contribution in [0.4, 0.5) is 0 Å². The largest absolute Gasteiger partial charge is 0.462 e. The maximum Gasteiger partial charge on any atom is 0.306 e. The Bertz CT molecular complexity index is 922. The Morgan fingerprint density at radius 3 is 2.04 bits per heavy atom. The van der Waals surface area contributed by atoms with Gasteiger partial charge >= 0.3 is 5.97 Å². The molecule has 0 heterocycles. The second kappa shape index (κ2) is 19.6. The summed E-state index contributed by atoms with van der Waals surface area (Å²) in [4.78, 5) is 17.8. The Morgan fingerprint density at radius 1 is 0.783 bits per heavy atom. The maximum atomic E-state index is 12.8. The quantitative estimate of drug-likeness (QED) is 0.0737. The molecule has 5 heteroatoms. The number of fused-ring (bicyclic) bond motifs is 5. The molecule has 0 aliphatic heterocycles. The molecule has 0 bridgehead atoms. The number of nitrogens with zero attached hydrogens (tertiary/aromatic N) is 2. The fourth-order valence-electron chi connectivity index (χ4n) is 10.7. The highest BCUT2D eigenvalue weighted by atomic mass is 35.5. The van der Waals surface area contributed by atoms with Crippen molar-refractivity contribution in [3.63, 3.8) is 0 Å². The van der Waals surface area contributed by atoms with Crippen LogP contribution in [0, 0.1) is 28.6 Å². The second-order valence-electron chi connectivity index (χ2n) is 16.9. The molecule has 3 saturated carbocycles. The van der Waals surface area contributed by atoms with E-state index in [1.165, 1.54) is 135 Å². The van der Waals surface area contributed by atoms with Gasteiger partial charge in [-0.05, 0) is 121 Å². The molecule has 0 amide bonds. The first kappa shape index (κ1) is 39.9. The molecular formula is C41H75ClN2O2. The number of ether oxygens (including phenoxy) is 1. The Hall–Kier alpha value is -0.580. The number of hydrogen-bond acceptors (Lipinski definition) is 4. The van der Waals surface area contributed by atoms with Crippen LogP contribution in [0.25, 0.3) is 0 Å². The number of carbonyl (C=O) groups is 1. The fourth-order valence-corrected chi connectivity index (χ4v) is 10.7. The number of carbonyl (C=O) groups excluding carboxylic acids is 1. The van der Waals surface area contributed by atoms with Crippen LogP contribution in [0.5, 0.6) is 0 Å². The van der Waals surface area contributed by atoms with E-state index in [-0.39, 0.29) is 24.5 Å². The third kappa shape index (κ3) is 10.5. The second-order valence-corrected chi connectivity index (χ2v) is 16.9. The van der Waals surface area contributed by atoms with Crippen molar-refractivity contribution in [2.24, 2.45) is 28.6 Å². The zero-order valence-corrected chi connectivity index (χ0v) is 32.1. The van der Waals surface area contributed by atoms with Crippen LogP contribution >= 0.6 is 12.4 Å². The molecule has 268 valence electrons. The van der Waals surface area contributed by atoms with E-state index in [2.05, 4.69) is 57.8 Å². The van der Waals surface area contributed by atoms with Crippen LogP contribution in [0.2, 0.25) is 0 Å². The lowest BCUT2D eigenvalue weighted by atomic mass is 9.47. The first-order chi connectivity index (χ1) is 21.7. The molecule has 4 nitrogen and oxygen atoms in total. The van der Waals surface area contributed by atoms with Crippen molar-refractivity contribution in [2.45, 2.75) is 181 Å². The molecule has 0 saturated heterocycles. The van der Waals surface area contributed by atoms with Crippen LogP contribution < -0.4 is 0 Å². The Balaban J connectivity index is 0.00000576. The van der Waals surface area contributed by atoms with Gasteiger partial charge in [0.15, 0.2) is 0 Å². The summed E-state index contributed by atoms with van der Waals surface area (Å²) < 4.78 is 6.11. The summed E-state index contributed by atoms with van der Waals surface area (Å²) in [5.74, 6) is 2.58.